The third kappa shape index (κ3) is 2.75. The predicted molar refractivity (Wildman–Crippen MR) is 83.4 cm³/mol. The Morgan fingerprint density at radius 1 is 1.30 bits per heavy atom. The first-order valence-corrected chi connectivity index (χ1v) is 7.06. The van der Waals surface area contributed by atoms with Gasteiger partial charge in [-0.1, -0.05) is 13.0 Å². The number of aryl methyl sites for hydroxylation is 2. The average molecular weight is 273 g/mol. The Balaban J connectivity index is 2.62. The van der Waals surface area contributed by atoms with E-state index in [9.17, 15) is 4.79 Å². The van der Waals surface area contributed by atoms with Crippen LogP contribution < -0.4 is 5.56 Å². The third-order valence-electron chi connectivity index (χ3n) is 3.66. The molecular weight excluding hydrogens is 250 g/mol. The summed E-state index contributed by atoms with van der Waals surface area (Å²) in [5, 5.41) is 0.724. The molecule has 0 radical (unpaired) electrons. The topological polar surface area (TPSA) is 38.1 Å². The molecular formula is C16H23N3O. The smallest absolute Gasteiger partial charge is 0.261 e. The molecule has 2 aromatic rings. The molecule has 1 aromatic carbocycles. The maximum Gasteiger partial charge on any atom is 0.261 e. The molecule has 0 saturated carbocycles. The number of nitrogens with zero attached hydrogens (tertiary/aromatic N) is 3. The van der Waals surface area contributed by atoms with Crippen molar-refractivity contribution in [2.24, 2.45) is 0 Å². The molecule has 0 spiro atoms. The van der Waals surface area contributed by atoms with Gasteiger partial charge in [0.25, 0.3) is 5.56 Å². The van der Waals surface area contributed by atoms with Gasteiger partial charge < -0.3 is 4.90 Å². The zero-order valence-corrected chi connectivity index (χ0v) is 13.0. The van der Waals surface area contributed by atoms with Crippen molar-refractivity contribution in [1.29, 1.82) is 0 Å². The number of hydrogen-bond acceptors (Lipinski definition) is 3. The zero-order valence-electron chi connectivity index (χ0n) is 13.0. The summed E-state index contributed by atoms with van der Waals surface area (Å²) in [6.45, 7) is 6.96. The minimum Gasteiger partial charge on any atom is -0.307 e. The molecule has 0 aliphatic carbocycles. The number of fused-ring (bicyclic) bond motifs is 1. The summed E-state index contributed by atoms with van der Waals surface area (Å²) in [6, 6.07) is 4.17. The Morgan fingerprint density at radius 3 is 2.60 bits per heavy atom. The SMILES string of the molecule is CC[C@@H](CN(C)C)n1cnc2c(C)cc(C)cc2c1=O. The van der Waals surface area contributed by atoms with E-state index >= 15 is 0 Å². The normalized spacial score (nSPS) is 13.1. The number of hydrogen-bond donors (Lipinski definition) is 0. The van der Waals surface area contributed by atoms with Crippen LogP contribution in [0.2, 0.25) is 0 Å². The van der Waals surface area contributed by atoms with E-state index in [4.69, 9.17) is 0 Å². The molecule has 2 rings (SSSR count). The van der Waals surface area contributed by atoms with Gasteiger partial charge in [0.1, 0.15) is 0 Å². The quantitative estimate of drug-likeness (QED) is 0.859. The summed E-state index contributed by atoms with van der Waals surface area (Å²) in [7, 11) is 4.05. The summed E-state index contributed by atoms with van der Waals surface area (Å²) in [6.07, 6.45) is 2.61. The first-order valence-electron chi connectivity index (χ1n) is 7.06. The van der Waals surface area contributed by atoms with E-state index in [0.717, 1.165) is 35.0 Å². The molecule has 0 unspecified atom stereocenters. The third-order valence-corrected chi connectivity index (χ3v) is 3.66. The first kappa shape index (κ1) is 14.7. The lowest BCUT2D eigenvalue weighted by Crippen LogP contribution is -2.31. The van der Waals surface area contributed by atoms with E-state index in [-0.39, 0.29) is 11.6 Å². The highest BCUT2D eigenvalue weighted by Gasteiger charge is 2.14. The van der Waals surface area contributed by atoms with Crippen molar-refractivity contribution in [3.63, 3.8) is 0 Å². The van der Waals surface area contributed by atoms with Gasteiger partial charge in [-0.15, -0.1) is 0 Å². The van der Waals surface area contributed by atoms with Crippen LogP contribution in [0.25, 0.3) is 10.9 Å². The predicted octanol–water partition coefficient (Wildman–Crippen LogP) is 2.53. The Kier molecular flexibility index (Phi) is 4.23. The Labute approximate surface area is 120 Å². The molecule has 1 heterocycles. The fourth-order valence-corrected chi connectivity index (χ4v) is 2.70. The van der Waals surface area contributed by atoms with Gasteiger partial charge in [-0.05, 0) is 51.6 Å². The minimum atomic E-state index is 0.0653. The highest BCUT2D eigenvalue weighted by atomic mass is 16.1. The molecule has 0 amide bonds. The molecule has 0 N–H and O–H groups in total. The van der Waals surface area contributed by atoms with Crippen molar-refractivity contribution in [3.8, 4) is 0 Å². The minimum absolute atomic E-state index is 0.0653. The van der Waals surface area contributed by atoms with Crippen LogP contribution >= 0.6 is 0 Å². The van der Waals surface area contributed by atoms with Crippen molar-refractivity contribution >= 4 is 10.9 Å². The van der Waals surface area contributed by atoms with Crippen LogP contribution in [-0.2, 0) is 0 Å². The Hall–Kier alpha value is -1.68. The summed E-state index contributed by atoms with van der Waals surface area (Å²) >= 11 is 0. The lowest BCUT2D eigenvalue weighted by atomic mass is 10.1. The molecule has 1 aromatic heterocycles. The van der Waals surface area contributed by atoms with Gasteiger partial charge in [0.15, 0.2) is 0 Å². The Morgan fingerprint density at radius 2 is 2.00 bits per heavy atom. The summed E-state index contributed by atoms with van der Waals surface area (Å²) < 4.78 is 1.78. The fourth-order valence-electron chi connectivity index (χ4n) is 2.70. The zero-order chi connectivity index (χ0) is 14.9. The van der Waals surface area contributed by atoms with Gasteiger partial charge in [-0.3, -0.25) is 9.36 Å². The van der Waals surface area contributed by atoms with E-state index in [2.05, 4.69) is 22.9 Å². The maximum absolute atomic E-state index is 12.7. The summed E-state index contributed by atoms with van der Waals surface area (Å²) in [5.74, 6) is 0. The molecule has 4 nitrogen and oxygen atoms in total. The van der Waals surface area contributed by atoms with E-state index < -0.39 is 0 Å². The highest BCUT2D eigenvalue weighted by Crippen LogP contribution is 2.17. The molecule has 108 valence electrons. The number of rotatable bonds is 4. The molecule has 0 aliphatic heterocycles. The second-order valence-electron chi connectivity index (χ2n) is 5.76. The Bertz CT molecular complexity index is 673. The lowest BCUT2D eigenvalue weighted by Gasteiger charge is -2.22. The summed E-state index contributed by atoms with van der Waals surface area (Å²) in [5.41, 5.74) is 3.05. The van der Waals surface area contributed by atoms with Crippen molar-refractivity contribution in [1.82, 2.24) is 14.5 Å². The van der Waals surface area contributed by atoms with Crippen molar-refractivity contribution in [2.75, 3.05) is 20.6 Å². The average Bonchev–Trinajstić information content (AvgIpc) is 2.37. The first-order chi connectivity index (χ1) is 9.43. The van der Waals surface area contributed by atoms with E-state index in [1.54, 1.807) is 10.9 Å². The van der Waals surface area contributed by atoms with Crippen LogP contribution in [-0.4, -0.2) is 35.1 Å². The second kappa shape index (κ2) is 5.75. The molecule has 0 bridgehead atoms. The fraction of sp³-hybridized carbons (Fsp3) is 0.500. The highest BCUT2D eigenvalue weighted by molar-refractivity contribution is 5.81. The van der Waals surface area contributed by atoms with Crippen LogP contribution in [0, 0.1) is 13.8 Å². The molecule has 0 saturated heterocycles. The van der Waals surface area contributed by atoms with Crippen LogP contribution in [0.3, 0.4) is 0 Å². The van der Waals surface area contributed by atoms with Gasteiger partial charge >= 0.3 is 0 Å². The molecule has 20 heavy (non-hydrogen) atoms. The van der Waals surface area contributed by atoms with Crippen LogP contribution in [0.1, 0.15) is 30.5 Å². The standard InChI is InChI=1S/C16H23N3O/c1-6-13(9-18(4)5)19-10-17-15-12(3)7-11(2)8-14(15)16(19)20/h7-8,10,13H,6,9H2,1-5H3/t13-/m0/s1. The van der Waals surface area contributed by atoms with Crippen LogP contribution in [0.4, 0.5) is 0 Å². The van der Waals surface area contributed by atoms with Crippen molar-refractivity contribution in [3.05, 3.63) is 39.9 Å². The summed E-state index contributed by atoms with van der Waals surface area (Å²) in [4.78, 5) is 19.3. The van der Waals surface area contributed by atoms with Crippen LogP contribution in [0.15, 0.2) is 23.3 Å². The molecule has 0 fully saturated rings. The van der Waals surface area contributed by atoms with Gasteiger partial charge in [-0.2, -0.15) is 0 Å². The number of benzene rings is 1. The van der Waals surface area contributed by atoms with Gasteiger partial charge in [0.05, 0.1) is 23.3 Å². The van der Waals surface area contributed by atoms with Gasteiger partial charge in [0.2, 0.25) is 0 Å². The van der Waals surface area contributed by atoms with E-state index in [0.29, 0.717) is 0 Å². The maximum atomic E-state index is 12.7. The molecule has 4 heteroatoms. The van der Waals surface area contributed by atoms with E-state index in [1.807, 2.05) is 34.0 Å². The molecule has 0 aliphatic rings. The lowest BCUT2D eigenvalue weighted by molar-refractivity contribution is 0.311. The van der Waals surface area contributed by atoms with Crippen molar-refractivity contribution < 1.29 is 0 Å². The van der Waals surface area contributed by atoms with Crippen molar-refractivity contribution in [2.45, 2.75) is 33.2 Å². The number of aromatic nitrogens is 2. The monoisotopic (exact) mass is 273 g/mol. The molecule has 1 atom stereocenters. The second-order valence-corrected chi connectivity index (χ2v) is 5.76. The van der Waals surface area contributed by atoms with Gasteiger partial charge in [-0.25, -0.2) is 4.98 Å². The largest absolute Gasteiger partial charge is 0.307 e. The van der Waals surface area contributed by atoms with Crippen LogP contribution in [0.5, 0.6) is 0 Å². The van der Waals surface area contributed by atoms with E-state index in [1.165, 1.54) is 0 Å². The number of likely N-dealkylation sites (N-methyl/N-ethyl adjacent to an activating group) is 1. The van der Waals surface area contributed by atoms with Gasteiger partial charge in [0, 0.05) is 6.54 Å².